The van der Waals surface area contributed by atoms with Gasteiger partial charge in [0.2, 0.25) is 0 Å². The fraction of sp³-hybridized carbons (Fsp3) is 0.133. The maximum Gasteiger partial charge on any atom is 0.0469 e. The highest BCUT2D eigenvalue weighted by molar-refractivity contribution is 5.50. The summed E-state index contributed by atoms with van der Waals surface area (Å²) in [7, 11) is 0. The van der Waals surface area contributed by atoms with Gasteiger partial charge in [-0.3, -0.25) is 4.98 Å². The van der Waals surface area contributed by atoms with Crippen LogP contribution in [0.15, 0.2) is 60.8 Å². The molecule has 0 fully saturated rings. The SMILES string of the molecule is CC(/C=C/c1ccccc1)c1ccccn1. The highest BCUT2D eigenvalue weighted by atomic mass is 14.7. The lowest BCUT2D eigenvalue weighted by Gasteiger charge is -2.04. The van der Waals surface area contributed by atoms with Crippen LogP contribution >= 0.6 is 0 Å². The molecule has 16 heavy (non-hydrogen) atoms. The molecular weight excluding hydrogens is 194 g/mol. The molecule has 0 bridgehead atoms. The molecule has 0 saturated carbocycles. The van der Waals surface area contributed by atoms with Gasteiger partial charge in [-0.1, -0.05) is 55.5 Å². The summed E-state index contributed by atoms with van der Waals surface area (Å²) in [4.78, 5) is 4.34. The molecule has 0 N–H and O–H groups in total. The Bertz CT molecular complexity index is 445. The summed E-state index contributed by atoms with van der Waals surface area (Å²) < 4.78 is 0. The van der Waals surface area contributed by atoms with Gasteiger partial charge in [0.15, 0.2) is 0 Å². The predicted molar refractivity (Wildman–Crippen MR) is 68.1 cm³/mol. The van der Waals surface area contributed by atoms with Crippen molar-refractivity contribution in [2.45, 2.75) is 12.8 Å². The van der Waals surface area contributed by atoms with E-state index >= 15 is 0 Å². The van der Waals surface area contributed by atoms with Gasteiger partial charge >= 0.3 is 0 Å². The molecule has 1 atom stereocenters. The Morgan fingerprint density at radius 3 is 2.44 bits per heavy atom. The maximum atomic E-state index is 4.34. The molecule has 2 rings (SSSR count). The summed E-state index contributed by atoms with van der Waals surface area (Å²) in [5, 5.41) is 0. The zero-order valence-corrected chi connectivity index (χ0v) is 9.38. The van der Waals surface area contributed by atoms with E-state index in [0.29, 0.717) is 5.92 Å². The van der Waals surface area contributed by atoms with Crippen LogP contribution in [-0.4, -0.2) is 4.98 Å². The molecule has 0 saturated heterocycles. The van der Waals surface area contributed by atoms with E-state index < -0.39 is 0 Å². The van der Waals surface area contributed by atoms with Gasteiger partial charge in [0.25, 0.3) is 0 Å². The predicted octanol–water partition coefficient (Wildman–Crippen LogP) is 3.90. The molecule has 2 aromatic rings. The highest BCUT2D eigenvalue weighted by Crippen LogP contribution is 2.15. The van der Waals surface area contributed by atoms with Crippen molar-refractivity contribution in [3.05, 3.63) is 72.1 Å². The molecule has 1 nitrogen and oxygen atoms in total. The molecule has 0 aliphatic heterocycles. The van der Waals surface area contributed by atoms with Crippen molar-refractivity contribution < 1.29 is 0 Å². The molecule has 1 unspecified atom stereocenters. The van der Waals surface area contributed by atoms with E-state index in [9.17, 15) is 0 Å². The molecule has 1 heteroatoms. The van der Waals surface area contributed by atoms with E-state index in [0.717, 1.165) is 5.69 Å². The number of nitrogens with zero attached hydrogens (tertiary/aromatic N) is 1. The van der Waals surface area contributed by atoms with Crippen molar-refractivity contribution in [3.63, 3.8) is 0 Å². The van der Waals surface area contributed by atoms with E-state index in [1.54, 1.807) is 0 Å². The van der Waals surface area contributed by atoms with Crippen molar-refractivity contribution in [2.24, 2.45) is 0 Å². The van der Waals surface area contributed by atoms with Gasteiger partial charge in [-0.05, 0) is 17.7 Å². The van der Waals surface area contributed by atoms with Crippen LogP contribution in [0, 0.1) is 0 Å². The lowest BCUT2D eigenvalue weighted by atomic mass is 10.1. The second-order valence-corrected chi connectivity index (χ2v) is 3.81. The maximum absolute atomic E-state index is 4.34. The van der Waals surface area contributed by atoms with E-state index in [-0.39, 0.29) is 0 Å². The topological polar surface area (TPSA) is 12.9 Å². The van der Waals surface area contributed by atoms with Crippen LogP contribution in [0.25, 0.3) is 6.08 Å². The minimum Gasteiger partial charge on any atom is -0.261 e. The first kappa shape index (κ1) is 10.6. The number of hydrogen-bond acceptors (Lipinski definition) is 1. The number of rotatable bonds is 3. The van der Waals surface area contributed by atoms with E-state index in [4.69, 9.17) is 0 Å². The zero-order chi connectivity index (χ0) is 11.2. The van der Waals surface area contributed by atoms with Crippen molar-refractivity contribution in [3.8, 4) is 0 Å². The van der Waals surface area contributed by atoms with Gasteiger partial charge in [-0.15, -0.1) is 0 Å². The molecule has 0 spiro atoms. The largest absolute Gasteiger partial charge is 0.261 e. The minimum absolute atomic E-state index is 0.349. The highest BCUT2D eigenvalue weighted by Gasteiger charge is 2.00. The first-order chi connectivity index (χ1) is 7.86. The molecule has 0 amide bonds. The van der Waals surface area contributed by atoms with Gasteiger partial charge in [0.05, 0.1) is 0 Å². The molecule has 0 aliphatic rings. The Kier molecular flexibility index (Phi) is 3.50. The van der Waals surface area contributed by atoms with Crippen LogP contribution in [0.1, 0.15) is 24.1 Å². The van der Waals surface area contributed by atoms with Gasteiger partial charge in [-0.2, -0.15) is 0 Å². The Hall–Kier alpha value is -1.89. The number of aromatic nitrogens is 1. The lowest BCUT2D eigenvalue weighted by Crippen LogP contribution is -1.91. The Morgan fingerprint density at radius 2 is 1.75 bits per heavy atom. The summed E-state index contributed by atoms with van der Waals surface area (Å²) in [6.07, 6.45) is 6.15. The number of benzene rings is 1. The average Bonchev–Trinajstić information content (AvgIpc) is 2.38. The molecule has 0 aliphatic carbocycles. The fourth-order valence-corrected chi connectivity index (χ4v) is 1.56. The van der Waals surface area contributed by atoms with Crippen molar-refractivity contribution >= 4 is 6.08 Å². The Labute approximate surface area is 96.5 Å². The van der Waals surface area contributed by atoms with Gasteiger partial charge < -0.3 is 0 Å². The van der Waals surface area contributed by atoms with Crippen molar-refractivity contribution in [1.82, 2.24) is 4.98 Å². The van der Waals surface area contributed by atoms with Crippen LogP contribution in [0.4, 0.5) is 0 Å². The van der Waals surface area contributed by atoms with Crippen LogP contribution < -0.4 is 0 Å². The number of allylic oxidation sites excluding steroid dienone is 1. The monoisotopic (exact) mass is 209 g/mol. The second-order valence-electron chi connectivity index (χ2n) is 3.81. The van der Waals surface area contributed by atoms with Crippen LogP contribution in [-0.2, 0) is 0 Å². The second kappa shape index (κ2) is 5.26. The van der Waals surface area contributed by atoms with Crippen LogP contribution in [0.5, 0.6) is 0 Å². The van der Waals surface area contributed by atoms with E-state index in [1.165, 1.54) is 5.56 Å². The zero-order valence-electron chi connectivity index (χ0n) is 9.38. The third-order valence-corrected chi connectivity index (χ3v) is 2.53. The summed E-state index contributed by atoms with van der Waals surface area (Å²) in [5.41, 5.74) is 2.33. The molecule has 80 valence electrons. The fourth-order valence-electron chi connectivity index (χ4n) is 1.56. The normalized spacial score (nSPS) is 12.8. The Morgan fingerprint density at radius 1 is 1.00 bits per heavy atom. The quantitative estimate of drug-likeness (QED) is 0.747. The van der Waals surface area contributed by atoms with Gasteiger partial charge in [-0.25, -0.2) is 0 Å². The number of hydrogen-bond donors (Lipinski definition) is 0. The van der Waals surface area contributed by atoms with Crippen LogP contribution in [0.2, 0.25) is 0 Å². The Balaban J connectivity index is 2.08. The summed E-state index contributed by atoms with van der Waals surface area (Å²) in [5.74, 6) is 0.349. The number of pyridine rings is 1. The summed E-state index contributed by atoms with van der Waals surface area (Å²) in [6.45, 7) is 2.15. The summed E-state index contributed by atoms with van der Waals surface area (Å²) in [6, 6.07) is 16.3. The standard InChI is InChI=1S/C15H15N/c1-13(15-9-5-6-12-16-15)10-11-14-7-3-2-4-8-14/h2-13H,1H3/b11-10+. The smallest absolute Gasteiger partial charge is 0.0469 e. The van der Waals surface area contributed by atoms with Crippen LogP contribution in [0.3, 0.4) is 0 Å². The van der Waals surface area contributed by atoms with Gasteiger partial charge in [0, 0.05) is 17.8 Å². The molecule has 1 aromatic carbocycles. The minimum atomic E-state index is 0.349. The molecular formula is C15H15N. The van der Waals surface area contributed by atoms with Gasteiger partial charge in [0.1, 0.15) is 0 Å². The van der Waals surface area contributed by atoms with Crippen molar-refractivity contribution in [2.75, 3.05) is 0 Å². The first-order valence-electron chi connectivity index (χ1n) is 5.50. The third kappa shape index (κ3) is 2.80. The molecule has 1 heterocycles. The molecule has 0 radical (unpaired) electrons. The third-order valence-electron chi connectivity index (χ3n) is 2.53. The van der Waals surface area contributed by atoms with E-state index in [2.05, 4.69) is 42.3 Å². The average molecular weight is 209 g/mol. The van der Waals surface area contributed by atoms with Crippen molar-refractivity contribution in [1.29, 1.82) is 0 Å². The molecule has 1 aromatic heterocycles. The summed E-state index contributed by atoms with van der Waals surface area (Å²) >= 11 is 0. The lowest BCUT2D eigenvalue weighted by molar-refractivity contribution is 0.911. The van der Waals surface area contributed by atoms with E-state index in [1.807, 2.05) is 36.5 Å². The first-order valence-corrected chi connectivity index (χ1v) is 5.50.